The van der Waals surface area contributed by atoms with Gasteiger partial charge in [0, 0.05) is 35.0 Å². The smallest absolute Gasteiger partial charge is 0.247 e. The lowest BCUT2D eigenvalue weighted by Crippen LogP contribution is -2.45. The van der Waals surface area contributed by atoms with Crippen LogP contribution in [0, 0.1) is 0 Å². The van der Waals surface area contributed by atoms with Crippen molar-refractivity contribution < 1.29 is 14.4 Å². The molecule has 2 aromatic heterocycles. The summed E-state index contributed by atoms with van der Waals surface area (Å²) in [4.78, 5) is 45.6. The van der Waals surface area contributed by atoms with Crippen LogP contribution in [0.4, 0.5) is 5.82 Å². The lowest BCUT2D eigenvalue weighted by Gasteiger charge is -2.32. The van der Waals surface area contributed by atoms with Gasteiger partial charge in [0.2, 0.25) is 17.7 Å². The van der Waals surface area contributed by atoms with E-state index in [1.807, 2.05) is 31.4 Å². The molecule has 3 amide bonds. The van der Waals surface area contributed by atoms with Gasteiger partial charge in [-0.05, 0) is 55.1 Å². The number of rotatable bonds is 10. The predicted octanol–water partition coefficient (Wildman–Crippen LogP) is 4.81. The number of nitrogens with zero attached hydrogens (tertiary/aromatic N) is 2. The fourth-order valence-electron chi connectivity index (χ4n) is 3.38. The van der Waals surface area contributed by atoms with Crippen LogP contribution in [-0.4, -0.2) is 33.6 Å². The van der Waals surface area contributed by atoms with E-state index in [2.05, 4.69) is 15.6 Å². The predicted molar refractivity (Wildman–Crippen MR) is 134 cm³/mol. The zero-order valence-electron chi connectivity index (χ0n) is 19.0. The normalized spacial score (nSPS) is 11.6. The van der Waals surface area contributed by atoms with Gasteiger partial charge in [0.05, 0.1) is 6.54 Å². The maximum absolute atomic E-state index is 13.4. The van der Waals surface area contributed by atoms with Crippen LogP contribution in [0.25, 0.3) is 0 Å². The van der Waals surface area contributed by atoms with Gasteiger partial charge in [0.1, 0.15) is 11.9 Å². The van der Waals surface area contributed by atoms with Gasteiger partial charge in [-0.2, -0.15) is 0 Å². The van der Waals surface area contributed by atoms with E-state index in [-0.39, 0.29) is 43.1 Å². The zero-order valence-corrected chi connectivity index (χ0v) is 20.6. The molecule has 178 valence electrons. The summed E-state index contributed by atoms with van der Waals surface area (Å²) in [6.07, 6.45) is 1.49. The standard InChI is InChI=1S/C25H27ClN4O3S/c1-17(2)28-25(33)24(18-8-10-19(26)11-9-18)30(16-20-6-5-15-34-20)23(32)13-12-22(31)29-21-7-3-4-14-27-21/h3-11,14-15,17,24H,12-13,16H2,1-2H3,(H,28,33)(H,27,29,31). The third kappa shape index (κ3) is 7.40. The topological polar surface area (TPSA) is 91.4 Å². The highest BCUT2D eigenvalue weighted by atomic mass is 35.5. The maximum Gasteiger partial charge on any atom is 0.247 e. The summed E-state index contributed by atoms with van der Waals surface area (Å²) < 4.78 is 0. The molecule has 0 saturated heterocycles. The second-order valence-corrected chi connectivity index (χ2v) is 9.45. The average Bonchev–Trinajstić information content (AvgIpc) is 3.32. The number of anilines is 1. The molecule has 0 aliphatic rings. The number of nitrogens with one attached hydrogen (secondary N) is 2. The molecule has 0 bridgehead atoms. The Labute approximate surface area is 208 Å². The number of amides is 3. The largest absolute Gasteiger partial charge is 0.352 e. The van der Waals surface area contributed by atoms with Crippen molar-refractivity contribution in [2.75, 3.05) is 5.32 Å². The Balaban J connectivity index is 1.83. The molecule has 0 fully saturated rings. The number of aromatic nitrogens is 1. The van der Waals surface area contributed by atoms with Gasteiger partial charge in [-0.1, -0.05) is 35.9 Å². The van der Waals surface area contributed by atoms with Crippen molar-refractivity contribution in [1.82, 2.24) is 15.2 Å². The summed E-state index contributed by atoms with van der Waals surface area (Å²) in [5.74, 6) is -0.493. The van der Waals surface area contributed by atoms with Crippen LogP contribution in [0.1, 0.15) is 43.2 Å². The Bertz CT molecular complexity index is 1090. The van der Waals surface area contributed by atoms with Crippen LogP contribution in [-0.2, 0) is 20.9 Å². The second kappa shape index (κ2) is 12.3. The molecule has 0 aliphatic carbocycles. The van der Waals surface area contributed by atoms with Crippen molar-refractivity contribution in [3.63, 3.8) is 0 Å². The molecular formula is C25H27ClN4O3S. The van der Waals surface area contributed by atoms with E-state index < -0.39 is 6.04 Å². The highest BCUT2D eigenvalue weighted by Crippen LogP contribution is 2.27. The number of pyridine rings is 1. The van der Waals surface area contributed by atoms with Crippen LogP contribution >= 0.6 is 22.9 Å². The second-order valence-electron chi connectivity index (χ2n) is 7.98. The number of carbonyl (C=O) groups excluding carboxylic acids is 3. The molecule has 1 unspecified atom stereocenters. The molecule has 7 nitrogen and oxygen atoms in total. The van der Waals surface area contributed by atoms with Gasteiger partial charge in [0.25, 0.3) is 0 Å². The number of hydrogen-bond acceptors (Lipinski definition) is 5. The van der Waals surface area contributed by atoms with Crippen LogP contribution in [0.5, 0.6) is 0 Å². The molecule has 2 N–H and O–H groups in total. The first-order valence-corrected chi connectivity index (χ1v) is 12.2. The van der Waals surface area contributed by atoms with Crippen molar-refractivity contribution in [3.8, 4) is 0 Å². The summed E-state index contributed by atoms with van der Waals surface area (Å²) in [5, 5.41) is 8.06. The summed E-state index contributed by atoms with van der Waals surface area (Å²) in [6, 6.07) is 14.9. The molecule has 9 heteroatoms. The molecular weight excluding hydrogens is 472 g/mol. The number of hydrogen-bond donors (Lipinski definition) is 2. The minimum Gasteiger partial charge on any atom is -0.352 e. The molecule has 3 rings (SSSR count). The average molecular weight is 499 g/mol. The number of halogens is 1. The van der Waals surface area contributed by atoms with E-state index in [0.717, 1.165) is 4.88 Å². The van der Waals surface area contributed by atoms with Gasteiger partial charge in [-0.3, -0.25) is 14.4 Å². The fourth-order valence-corrected chi connectivity index (χ4v) is 4.21. The lowest BCUT2D eigenvalue weighted by molar-refractivity contribution is -0.142. The summed E-state index contributed by atoms with van der Waals surface area (Å²) in [7, 11) is 0. The van der Waals surface area contributed by atoms with Crippen molar-refractivity contribution in [2.45, 2.75) is 45.3 Å². The highest BCUT2D eigenvalue weighted by molar-refractivity contribution is 7.09. The maximum atomic E-state index is 13.4. The lowest BCUT2D eigenvalue weighted by atomic mass is 10.0. The van der Waals surface area contributed by atoms with Gasteiger partial charge >= 0.3 is 0 Å². The zero-order chi connectivity index (χ0) is 24.5. The highest BCUT2D eigenvalue weighted by Gasteiger charge is 2.32. The number of benzene rings is 1. The summed E-state index contributed by atoms with van der Waals surface area (Å²) >= 11 is 7.56. The Hall–Kier alpha value is -3.23. The summed E-state index contributed by atoms with van der Waals surface area (Å²) in [5.41, 5.74) is 0.644. The van der Waals surface area contributed by atoms with Gasteiger partial charge < -0.3 is 15.5 Å². The Morgan fingerprint density at radius 3 is 2.41 bits per heavy atom. The molecule has 2 heterocycles. The van der Waals surface area contributed by atoms with Crippen LogP contribution in [0.3, 0.4) is 0 Å². The SMILES string of the molecule is CC(C)NC(=O)C(c1ccc(Cl)cc1)N(Cc1cccs1)C(=O)CCC(=O)Nc1ccccn1. The third-order valence-electron chi connectivity index (χ3n) is 4.90. The minimum atomic E-state index is -0.867. The van der Waals surface area contributed by atoms with Gasteiger partial charge in [0.15, 0.2) is 0 Å². The van der Waals surface area contributed by atoms with E-state index in [9.17, 15) is 14.4 Å². The minimum absolute atomic E-state index is 0.0323. The monoisotopic (exact) mass is 498 g/mol. The van der Waals surface area contributed by atoms with E-state index in [4.69, 9.17) is 11.6 Å². The molecule has 3 aromatic rings. The van der Waals surface area contributed by atoms with E-state index in [0.29, 0.717) is 16.4 Å². The van der Waals surface area contributed by atoms with Crippen molar-refractivity contribution >= 4 is 46.5 Å². The number of carbonyl (C=O) groups is 3. The van der Waals surface area contributed by atoms with Crippen LogP contribution < -0.4 is 10.6 Å². The van der Waals surface area contributed by atoms with Crippen LogP contribution in [0.2, 0.25) is 5.02 Å². The molecule has 0 spiro atoms. The molecule has 0 saturated carbocycles. The molecule has 0 radical (unpaired) electrons. The van der Waals surface area contributed by atoms with Gasteiger partial charge in [-0.25, -0.2) is 4.98 Å². The molecule has 0 aliphatic heterocycles. The van der Waals surface area contributed by atoms with Crippen LogP contribution in [0.15, 0.2) is 66.2 Å². The Kier molecular flexibility index (Phi) is 9.18. The quantitative estimate of drug-likeness (QED) is 0.419. The van der Waals surface area contributed by atoms with Crippen molar-refractivity contribution in [2.24, 2.45) is 0 Å². The number of thiophene rings is 1. The van der Waals surface area contributed by atoms with E-state index in [1.165, 1.54) is 16.2 Å². The Morgan fingerprint density at radius 2 is 1.79 bits per heavy atom. The third-order valence-corrected chi connectivity index (χ3v) is 6.01. The Morgan fingerprint density at radius 1 is 1.03 bits per heavy atom. The molecule has 34 heavy (non-hydrogen) atoms. The van der Waals surface area contributed by atoms with Gasteiger partial charge in [-0.15, -0.1) is 11.3 Å². The van der Waals surface area contributed by atoms with E-state index >= 15 is 0 Å². The van der Waals surface area contributed by atoms with Crippen molar-refractivity contribution in [1.29, 1.82) is 0 Å². The molecule has 1 atom stereocenters. The first-order valence-electron chi connectivity index (χ1n) is 10.9. The summed E-state index contributed by atoms with van der Waals surface area (Å²) in [6.45, 7) is 3.98. The molecule has 1 aromatic carbocycles. The fraction of sp³-hybridized carbons (Fsp3) is 0.280. The van der Waals surface area contributed by atoms with Crippen molar-refractivity contribution in [3.05, 3.63) is 81.6 Å². The van der Waals surface area contributed by atoms with E-state index in [1.54, 1.807) is 48.7 Å². The first-order chi connectivity index (χ1) is 16.3. The first kappa shape index (κ1) is 25.4.